The van der Waals surface area contributed by atoms with Crippen LogP contribution in [0.4, 0.5) is 0 Å². The van der Waals surface area contributed by atoms with E-state index in [1.54, 1.807) is 18.2 Å². The maximum atomic E-state index is 12.1. The molecule has 0 saturated heterocycles. The summed E-state index contributed by atoms with van der Waals surface area (Å²) >= 11 is 3.29. The van der Waals surface area contributed by atoms with Gasteiger partial charge >= 0.3 is 0 Å². The fraction of sp³-hybridized carbons (Fsp3) is 0.500. The second kappa shape index (κ2) is 8.11. The van der Waals surface area contributed by atoms with Crippen LogP contribution in [0.2, 0.25) is 0 Å². The Hall–Kier alpha value is -1.27. The molecule has 0 unspecified atom stereocenters. The highest BCUT2D eigenvalue weighted by atomic mass is 79.9. The average molecular weight is 344 g/mol. The molecule has 0 aliphatic carbocycles. The highest BCUT2D eigenvalue weighted by Crippen LogP contribution is 2.33. The van der Waals surface area contributed by atoms with Crippen molar-refractivity contribution >= 4 is 21.8 Å². The van der Waals surface area contributed by atoms with E-state index in [-0.39, 0.29) is 5.91 Å². The van der Waals surface area contributed by atoms with E-state index in [9.17, 15) is 4.79 Å². The van der Waals surface area contributed by atoms with Gasteiger partial charge < -0.3 is 19.5 Å². The summed E-state index contributed by atoms with van der Waals surface area (Å²) in [4.78, 5) is 12.1. The molecular formula is C14H18BrNO4. The van der Waals surface area contributed by atoms with Crippen molar-refractivity contribution in [1.82, 2.24) is 5.32 Å². The van der Waals surface area contributed by atoms with Crippen LogP contribution in [0, 0.1) is 0 Å². The molecular weight excluding hydrogens is 326 g/mol. The third-order valence-corrected chi connectivity index (χ3v) is 3.11. The lowest BCUT2D eigenvalue weighted by atomic mass is 10.1. The first-order valence-corrected chi connectivity index (χ1v) is 7.75. The molecule has 1 aromatic rings. The Morgan fingerprint density at radius 2 is 2.15 bits per heavy atom. The van der Waals surface area contributed by atoms with E-state index in [1.165, 1.54) is 0 Å². The van der Waals surface area contributed by atoms with Gasteiger partial charge in [0.15, 0.2) is 11.5 Å². The number of para-hydroxylation sites is 1. The molecule has 0 aromatic heterocycles. The van der Waals surface area contributed by atoms with Gasteiger partial charge in [0.05, 0.1) is 12.2 Å². The Balaban J connectivity index is 1.83. The third-order valence-electron chi connectivity index (χ3n) is 2.78. The van der Waals surface area contributed by atoms with Crippen molar-refractivity contribution in [2.75, 3.05) is 38.3 Å². The van der Waals surface area contributed by atoms with E-state index in [2.05, 4.69) is 21.2 Å². The van der Waals surface area contributed by atoms with Gasteiger partial charge in [-0.05, 0) is 18.6 Å². The Morgan fingerprint density at radius 3 is 3.00 bits per heavy atom. The number of halogens is 1. The number of ether oxygens (including phenoxy) is 3. The van der Waals surface area contributed by atoms with Crippen molar-refractivity contribution in [2.24, 2.45) is 0 Å². The average Bonchev–Trinajstić information content (AvgIpc) is 2.50. The standard InChI is InChI=1S/C14H18BrNO4/c15-5-8-18-7-2-6-16-14(17)11-3-1-4-12-13(11)20-10-9-19-12/h1,3-4H,2,5-10H2,(H,16,17). The number of nitrogens with one attached hydrogen (secondary N) is 1. The Bertz CT molecular complexity index is 453. The molecule has 1 aromatic carbocycles. The molecule has 2 rings (SSSR count). The lowest BCUT2D eigenvalue weighted by Gasteiger charge is -2.20. The van der Waals surface area contributed by atoms with Crippen molar-refractivity contribution in [3.05, 3.63) is 23.8 Å². The molecule has 20 heavy (non-hydrogen) atoms. The molecule has 5 nitrogen and oxygen atoms in total. The maximum Gasteiger partial charge on any atom is 0.255 e. The Kier molecular flexibility index (Phi) is 6.14. The monoisotopic (exact) mass is 343 g/mol. The molecule has 1 aliphatic heterocycles. The van der Waals surface area contributed by atoms with Crippen LogP contribution in [0.25, 0.3) is 0 Å². The molecule has 0 spiro atoms. The van der Waals surface area contributed by atoms with Crippen LogP contribution in [-0.4, -0.2) is 44.2 Å². The van der Waals surface area contributed by atoms with Crippen LogP contribution in [0.15, 0.2) is 18.2 Å². The highest BCUT2D eigenvalue weighted by molar-refractivity contribution is 9.09. The first kappa shape index (κ1) is 15.1. The van der Waals surface area contributed by atoms with Gasteiger partial charge in [0.25, 0.3) is 5.91 Å². The molecule has 110 valence electrons. The smallest absolute Gasteiger partial charge is 0.255 e. The van der Waals surface area contributed by atoms with Crippen LogP contribution in [0.1, 0.15) is 16.8 Å². The SMILES string of the molecule is O=C(NCCCOCCBr)c1cccc2c1OCCO2. The predicted octanol–water partition coefficient (Wildman–Crippen LogP) is 1.99. The largest absolute Gasteiger partial charge is 0.486 e. The van der Waals surface area contributed by atoms with E-state index in [0.717, 1.165) is 11.8 Å². The van der Waals surface area contributed by atoms with Crippen molar-refractivity contribution < 1.29 is 19.0 Å². The van der Waals surface area contributed by atoms with E-state index in [0.29, 0.717) is 50.0 Å². The summed E-state index contributed by atoms with van der Waals surface area (Å²) in [6.07, 6.45) is 0.783. The van der Waals surface area contributed by atoms with Gasteiger partial charge in [-0.3, -0.25) is 4.79 Å². The summed E-state index contributed by atoms with van der Waals surface area (Å²) in [6.45, 7) is 2.88. The summed E-state index contributed by atoms with van der Waals surface area (Å²) in [5.41, 5.74) is 0.517. The number of alkyl halides is 1. The zero-order valence-corrected chi connectivity index (χ0v) is 12.8. The third kappa shape index (κ3) is 4.11. The van der Waals surface area contributed by atoms with Crippen LogP contribution in [-0.2, 0) is 4.74 Å². The molecule has 1 amide bonds. The van der Waals surface area contributed by atoms with Crippen molar-refractivity contribution in [3.8, 4) is 11.5 Å². The number of carbonyl (C=O) groups excluding carboxylic acids is 1. The zero-order valence-electron chi connectivity index (χ0n) is 11.2. The number of amides is 1. The Labute approximate surface area is 126 Å². The molecule has 0 bridgehead atoms. The Morgan fingerprint density at radius 1 is 1.30 bits per heavy atom. The lowest BCUT2D eigenvalue weighted by Crippen LogP contribution is -2.27. The van der Waals surface area contributed by atoms with Crippen molar-refractivity contribution in [2.45, 2.75) is 6.42 Å². The second-order valence-electron chi connectivity index (χ2n) is 4.24. The number of benzene rings is 1. The molecule has 0 radical (unpaired) electrons. The summed E-state index contributed by atoms with van der Waals surface area (Å²) in [5.74, 6) is 1.02. The summed E-state index contributed by atoms with van der Waals surface area (Å²) < 4.78 is 16.3. The number of hydrogen-bond acceptors (Lipinski definition) is 4. The van der Waals surface area contributed by atoms with E-state index in [1.807, 2.05) is 0 Å². The van der Waals surface area contributed by atoms with Gasteiger partial charge in [-0.1, -0.05) is 22.0 Å². The molecule has 1 N–H and O–H groups in total. The minimum atomic E-state index is -0.146. The number of carbonyl (C=O) groups is 1. The predicted molar refractivity (Wildman–Crippen MR) is 79.0 cm³/mol. The highest BCUT2D eigenvalue weighted by Gasteiger charge is 2.19. The van der Waals surface area contributed by atoms with Crippen LogP contribution in [0.3, 0.4) is 0 Å². The quantitative estimate of drug-likeness (QED) is 0.607. The summed E-state index contributed by atoms with van der Waals surface area (Å²) in [5, 5.41) is 3.69. The van der Waals surface area contributed by atoms with E-state index in [4.69, 9.17) is 14.2 Å². The van der Waals surface area contributed by atoms with Crippen molar-refractivity contribution in [1.29, 1.82) is 0 Å². The molecule has 0 atom stereocenters. The number of rotatable bonds is 7. The second-order valence-corrected chi connectivity index (χ2v) is 5.03. The summed E-state index contributed by atoms with van der Waals surface area (Å²) in [7, 11) is 0. The molecule has 0 saturated carbocycles. The number of fused-ring (bicyclic) bond motifs is 1. The minimum Gasteiger partial charge on any atom is -0.486 e. The zero-order chi connectivity index (χ0) is 14.2. The maximum absolute atomic E-state index is 12.1. The van der Waals surface area contributed by atoms with E-state index >= 15 is 0 Å². The summed E-state index contributed by atoms with van der Waals surface area (Å²) in [6, 6.07) is 5.34. The van der Waals surface area contributed by atoms with Gasteiger partial charge in [0.1, 0.15) is 13.2 Å². The van der Waals surface area contributed by atoms with Crippen LogP contribution < -0.4 is 14.8 Å². The van der Waals surface area contributed by atoms with Gasteiger partial charge in [0, 0.05) is 18.5 Å². The molecule has 1 heterocycles. The normalized spacial score (nSPS) is 13.1. The fourth-order valence-corrected chi connectivity index (χ4v) is 2.11. The molecule has 6 heteroatoms. The first-order chi connectivity index (χ1) is 9.83. The molecule has 0 fully saturated rings. The molecule has 1 aliphatic rings. The van der Waals surface area contributed by atoms with Gasteiger partial charge in [-0.15, -0.1) is 0 Å². The first-order valence-electron chi connectivity index (χ1n) is 6.63. The van der Waals surface area contributed by atoms with E-state index < -0.39 is 0 Å². The van der Waals surface area contributed by atoms with Crippen LogP contribution in [0.5, 0.6) is 11.5 Å². The topological polar surface area (TPSA) is 56.8 Å². The van der Waals surface area contributed by atoms with Gasteiger partial charge in [0.2, 0.25) is 0 Å². The van der Waals surface area contributed by atoms with Crippen LogP contribution >= 0.6 is 15.9 Å². The van der Waals surface area contributed by atoms with Crippen molar-refractivity contribution in [3.63, 3.8) is 0 Å². The lowest BCUT2D eigenvalue weighted by molar-refractivity contribution is 0.0934. The van der Waals surface area contributed by atoms with Gasteiger partial charge in [-0.25, -0.2) is 0 Å². The van der Waals surface area contributed by atoms with Gasteiger partial charge in [-0.2, -0.15) is 0 Å². The number of hydrogen-bond donors (Lipinski definition) is 1. The minimum absolute atomic E-state index is 0.146. The fourth-order valence-electron chi connectivity index (χ4n) is 1.88.